The van der Waals surface area contributed by atoms with Crippen LogP contribution in [-0.2, 0) is 0 Å². The standard InChI is InChI=1S/C12H18Cl2N2/c1-15-7-3-4-8-16(2)12-6-5-10(13)9-11(12)14/h5-6,9,15H,3-4,7-8H2,1-2H3. The van der Waals surface area contributed by atoms with E-state index in [-0.39, 0.29) is 0 Å². The van der Waals surface area contributed by atoms with Crippen molar-refractivity contribution in [1.82, 2.24) is 5.32 Å². The SMILES string of the molecule is CNCCCCN(C)c1ccc(Cl)cc1Cl. The van der Waals surface area contributed by atoms with Gasteiger partial charge in [-0.05, 0) is 44.6 Å². The topological polar surface area (TPSA) is 15.3 Å². The van der Waals surface area contributed by atoms with Gasteiger partial charge in [0.05, 0.1) is 10.7 Å². The summed E-state index contributed by atoms with van der Waals surface area (Å²) in [6, 6.07) is 5.61. The molecule has 1 N–H and O–H groups in total. The minimum atomic E-state index is 0.678. The maximum Gasteiger partial charge on any atom is 0.0654 e. The van der Waals surface area contributed by atoms with Crippen molar-refractivity contribution >= 4 is 28.9 Å². The van der Waals surface area contributed by atoms with Crippen molar-refractivity contribution in [3.63, 3.8) is 0 Å². The van der Waals surface area contributed by atoms with Crippen LogP contribution in [0.4, 0.5) is 5.69 Å². The summed E-state index contributed by atoms with van der Waals surface area (Å²) in [5.74, 6) is 0. The average molecular weight is 261 g/mol. The van der Waals surface area contributed by atoms with Gasteiger partial charge in [-0.3, -0.25) is 0 Å². The van der Waals surface area contributed by atoms with Crippen LogP contribution < -0.4 is 10.2 Å². The zero-order valence-corrected chi connectivity index (χ0v) is 11.3. The largest absolute Gasteiger partial charge is 0.373 e. The first-order chi connectivity index (χ1) is 7.65. The van der Waals surface area contributed by atoms with Gasteiger partial charge in [-0.25, -0.2) is 0 Å². The van der Waals surface area contributed by atoms with Gasteiger partial charge in [0.1, 0.15) is 0 Å². The summed E-state index contributed by atoms with van der Waals surface area (Å²) in [4.78, 5) is 2.16. The lowest BCUT2D eigenvalue weighted by molar-refractivity contribution is 0.671. The number of anilines is 1. The Kier molecular flexibility index (Phi) is 5.96. The van der Waals surface area contributed by atoms with Crippen molar-refractivity contribution in [2.24, 2.45) is 0 Å². The molecule has 0 aliphatic carbocycles. The highest BCUT2D eigenvalue weighted by molar-refractivity contribution is 6.36. The predicted octanol–water partition coefficient (Wildman–Crippen LogP) is 3.43. The van der Waals surface area contributed by atoms with Crippen LogP contribution in [0, 0.1) is 0 Å². The number of hydrogen-bond acceptors (Lipinski definition) is 2. The van der Waals surface area contributed by atoms with Crippen LogP contribution in [0.2, 0.25) is 10.0 Å². The second kappa shape index (κ2) is 7.00. The first kappa shape index (κ1) is 13.6. The van der Waals surface area contributed by atoms with Gasteiger partial charge in [0.15, 0.2) is 0 Å². The van der Waals surface area contributed by atoms with Gasteiger partial charge in [0, 0.05) is 18.6 Å². The quantitative estimate of drug-likeness (QED) is 0.789. The average Bonchev–Trinajstić information content (AvgIpc) is 2.24. The molecule has 4 heteroatoms. The number of halogens is 2. The Balaban J connectivity index is 2.49. The summed E-state index contributed by atoms with van der Waals surface area (Å²) < 4.78 is 0. The summed E-state index contributed by atoms with van der Waals surface area (Å²) in [7, 11) is 4.02. The smallest absolute Gasteiger partial charge is 0.0654 e. The van der Waals surface area contributed by atoms with Gasteiger partial charge in [-0.15, -0.1) is 0 Å². The number of rotatable bonds is 6. The number of benzene rings is 1. The molecule has 16 heavy (non-hydrogen) atoms. The third-order valence-corrected chi connectivity index (χ3v) is 3.03. The van der Waals surface area contributed by atoms with Gasteiger partial charge < -0.3 is 10.2 Å². The molecule has 0 aliphatic rings. The lowest BCUT2D eigenvalue weighted by Gasteiger charge is -2.20. The molecular weight excluding hydrogens is 243 g/mol. The minimum absolute atomic E-state index is 0.678. The molecule has 1 rings (SSSR count). The molecule has 0 saturated heterocycles. The van der Waals surface area contributed by atoms with E-state index in [1.165, 1.54) is 6.42 Å². The third-order valence-electron chi connectivity index (χ3n) is 2.49. The fraction of sp³-hybridized carbons (Fsp3) is 0.500. The van der Waals surface area contributed by atoms with Crippen LogP contribution in [-0.4, -0.2) is 27.2 Å². The van der Waals surface area contributed by atoms with Crippen molar-refractivity contribution in [3.05, 3.63) is 28.2 Å². The molecule has 0 heterocycles. The highest BCUT2D eigenvalue weighted by atomic mass is 35.5. The van der Waals surface area contributed by atoms with Crippen molar-refractivity contribution in [2.75, 3.05) is 32.1 Å². The lowest BCUT2D eigenvalue weighted by Crippen LogP contribution is -2.20. The Bertz CT molecular complexity index is 329. The lowest BCUT2D eigenvalue weighted by atomic mass is 10.2. The molecular formula is C12H18Cl2N2. The monoisotopic (exact) mass is 260 g/mol. The molecule has 90 valence electrons. The summed E-state index contributed by atoms with van der Waals surface area (Å²) in [6.07, 6.45) is 2.32. The van der Waals surface area contributed by atoms with Crippen molar-refractivity contribution in [2.45, 2.75) is 12.8 Å². The van der Waals surface area contributed by atoms with Crippen LogP contribution in [0.1, 0.15) is 12.8 Å². The van der Waals surface area contributed by atoms with E-state index < -0.39 is 0 Å². The third kappa shape index (κ3) is 4.20. The van der Waals surface area contributed by atoms with E-state index in [1.54, 1.807) is 6.07 Å². The predicted molar refractivity (Wildman–Crippen MR) is 72.9 cm³/mol. The van der Waals surface area contributed by atoms with Crippen LogP contribution >= 0.6 is 23.2 Å². The van der Waals surface area contributed by atoms with Crippen molar-refractivity contribution < 1.29 is 0 Å². The highest BCUT2D eigenvalue weighted by Crippen LogP contribution is 2.28. The first-order valence-corrected chi connectivity index (χ1v) is 6.21. The Morgan fingerprint density at radius 1 is 1.25 bits per heavy atom. The van der Waals surface area contributed by atoms with E-state index >= 15 is 0 Å². The number of unbranched alkanes of at least 4 members (excludes halogenated alkanes) is 1. The summed E-state index contributed by atoms with van der Waals surface area (Å²) in [5, 5.41) is 4.53. The molecule has 0 saturated carbocycles. The Labute approximate surface area is 108 Å². The summed E-state index contributed by atoms with van der Waals surface area (Å²) in [6.45, 7) is 2.06. The summed E-state index contributed by atoms with van der Waals surface area (Å²) in [5.41, 5.74) is 1.04. The molecule has 0 bridgehead atoms. The highest BCUT2D eigenvalue weighted by Gasteiger charge is 2.05. The normalized spacial score (nSPS) is 10.5. The van der Waals surface area contributed by atoms with E-state index in [2.05, 4.69) is 17.3 Å². The first-order valence-electron chi connectivity index (χ1n) is 5.46. The molecule has 1 aromatic rings. The molecule has 1 aromatic carbocycles. The van der Waals surface area contributed by atoms with E-state index in [1.807, 2.05) is 19.2 Å². The van der Waals surface area contributed by atoms with Crippen LogP contribution in [0.5, 0.6) is 0 Å². The zero-order chi connectivity index (χ0) is 12.0. The molecule has 0 unspecified atom stereocenters. The minimum Gasteiger partial charge on any atom is -0.373 e. The molecule has 0 aromatic heterocycles. The molecule has 0 atom stereocenters. The van der Waals surface area contributed by atoms with E-state index in [0.717, 1.165) is 25.2 Å². The Morgan fingerprint density at radius 2 is 2.00 bits per heavy atom. The summed E-state index contributed by atoms with van der Waals surface area (Å²) >= 11 is 12.0. The number of hydrogen-bond donors (Lipinski definition) is 1. The van der Waals surface area contributed by atoms with E-state index in [4.69, 9.17) is 23.2 Å². The number of nitrogens with one attached hydrogen (secondary N) is 1. The maximum absolute atomic E-state index is 6.13. The van der Waals surface area contributed by atoms with Gasteiger partial charge >= 0.3 is 0 Å². The zero-order valence-electron chi connectivity index (χ0n) is 9.76. The van der Waals surface area contributed by atoms with Crippen LogP contribution in [0.25, 0.3) is 0 Å². The van der Waals surface area contributed by atoms with Crippen molar-refractivity contribution in [1.29, 1.82) is 0 Å². The molecule has 0 fully saturated rings. The molecule has 0 aliphatic heterocycles. The second-order valence-corrected chi connectivity index (χ2v) is 4.67. The van der Waals surface area contributed by atoms with Gasteiger partial charge in [0.2, 0.25) is 0 Å². The van der Waals surface area contributed by atoms with Gasteiger partial charge in [-0.1, -0.05) is 23.2 Å². The number of nitrogens with zero attached hydrogens (tertiary/aromatic N) is 1. The second-order valence-electron chi connectivity index (χ2n) is 3.83. The van der Waals surface area contributed by atoms with E-state index in [0.29, 0.717) is 10.0 Å². The van der Waals surface area contributed by atoms with Gasteiger partial charge in [-0.2, -0.15) is 0 Å². The Hall–Kier alpha value is -0.440. The molecule has 2 nitrogen and oxygen atoms in total. The molecule has 0 radical (unpaired) electrons. The Morgan fingerprint density at radius 3 is 2.62 bits per heavy atom. The van der Waals surface area contributed by atoms with Crippen LogP contribution in [0.3, 0.4) is 0 Å². The van der Waals surface area contributed by atoms with Gasteiger partial charge in [0.25, 0.3) is 0 Å². The fourth-order valence-corrected chi connectivity index (χ4v) is 2.11. The maximum atomic E-state index is 6.13. The van der Waals surface area contributed by atoms with Crippen LogP contribution in [0.15, 0.2) is 18.2 Å². The van der Waals surface area contributed by atoms with E-state index in [9.17, 15) is 0 Å². The van der Waals surface area contributed by atoms with Crippen molar-refractivity contribution in [3.8, 4) is 0 Å². The fourth-order valence-electron chi connectivity index (χ4n) is 1.56. The molecule has 0 amide bonds. The molecule has 0 spiro atoms.